The topological polar surface area (TPSA) is 77.3 Å². The molecule has 1 aliphatic carbocycles. The van der Waals surface area contributed by atoms with E-state index in [4.69, 9.17) is 4.74 Å². The summed E-state index contributed by atoms with van der Waals surface area (Å²) in [5.74, 6) is 0.983. The molecule has 1 N–H and O–H groups in total. The fourth-order valence-corrected chi connectivity index (χ4v) is 3.82. The maximum atomic E-state index is 11.2. The van der Waals surface area contributed by atoms with E-state index in [9.17, 15) is 10.1 Å². The molecule has 0 saturated carbocycles. The number of fused-ring (bicyclic) bond motifs is 3. The summed E-state index contributed by atoms with van der Waals surface area (Å²) in [5.41, 5.74) is 3.01. The molecule has 0 unspecified atom stereocenters. The number of benzene rings is 1. The Bertz CT molecular complexity index is 820. The molecular formula is C18H17N3O3. The molecule has 0 radical (unpaired) electrons. The monoisotopic (exact) mass is 323 g/mol. The summed E-state index contributed by atoms with van der Waals surface area (Å²) in [4.78, 5) is 15.0. The smallest absolute Gasteiger partial charge is 0.273 e. The summed E-state index contributed by atoms with van der Waals surface area (Å²) in [6.45, 7) is 0. The molecule has 0 fully saturated rings. The van der Waals surface area contributed by atoms with E-state index in [1.165, 1.54) is 6.07 Å². The number of nitrogens with zero attached hydrogens (tertiary/aromatic N) is 2. The van der Waals surface area contributed by atoms with Crippen LogP contribution in [0.3, 0.4) is 0 Å². The van der Waals surface area contributed by atoms with Crippen molar-refractivity contribution in [2.24, 2.45) is 5.92 Å². The third-order valence-corrected chi connectivity index (χ3v) is 4.91. The van der Waals surface area contributed by atoms with Gasteiger partial charge in [-0.05, 0) is 35.6 Å². The minimum absolute atomic E-state index is 0.0637. The number of pyridine rings is 1. The SMILES string of the molecule is COc1cc([N+](=O)[O-])cc2c1N[C@@H](c1ccncc1)[C@H]1CC=C[C@H]21. The number of nitro benzene ring substituents is 1. The zero-order valence-corrected chi connectivity index (χ0v) is 13.2. The van der Waals surface area contributed by atoms with Crippen molar-refractivity contribution in [1.82, 2.24) is 4.98 Å². The van der Waals surface area contributed by atoms with Gasteiger partial charge in [0.25, 0.3) is 5.69 Å². The van der Waals surface area contributed by atoms with Gasteiger partial charge in [-0.2, -0.15) is 0 Å². The van der Waals surface area contributed by atoms with Crippen molar-refractivity contribution < 1.29 is 9.66 Å². The van der Waals surface area contributed by atoms with Gasteiger partial charge < -0.3 is 10.1 Å². The Labute approximate surface area is 139 Å². The first-order chi connectivity index (χ1) is 11.7. The van der Waals surface area contributed by atoms with E-state index in [0.717, 1.165) is 23.2 Å². The Morgan fingerprint density at radius 1 is 1.33 bits per heavy atom. The summed E-state index contributed by atoms with van der Waals surface area (Å²) in [6.07, 6.45) is 8.83. The van der Waals surface area contributed by atoms with Crippen LogP contribution in [0.4, 0.5) is 11.4 Å². The third kappa shape index (κ3) is 2.22. The molecule has 4 rings (SSSR count). The largest absolute Gasteiger partial charge is 0.494 e. The van der Waals surface area contributed by atoms with E-state index in [0.29, 0.717) is 11.7 Å². The van der Waals surface area contributed by atoms with Crippen molar-refractivity contribution >= 4 is 11.4 Å². The number of nitro groups is 1. The molecule has 6 nitrogen and oxygen atoms in total. The molecule has 0 saturated heterocycles. The summed E-state index contributed by atoms with van der Waals surface area (Å²) in [5, 5.41) is 14.8. The Hall–Kier alpha value is -2.89. The first kappa shape index (κ1) is 14.7. The highest BCUT2D eigenvalue weighted by molar-refractivity contribution is 5.71. The molecule has 1 aromatic heterocycles. The average molecular weight is 323 g/mol. The van der Waals surface area contributed by atoms with Gasteiger partial charge in [-0.1, -0.05) is 12.2 Å². The summed E-state index contributed by atoms with van der Waals surface area (Å²) >= 11 is 0. The Kier molecular flexibility index (Phi) is 3.45. The predicted molar refractivity (Wildman–Crippen MR) is 90.2 cm³/mol. The fourth-order valence-electron chi connectivity index (χ4n) is 3.82. The van der Waals surface area contributed by atoms with Gasteiger partial charge in [-0.25, -0.2) is 0 Å². The highest BCUT2D eigenvalue weighted by Gasteiger charge is 2.40. The van der Waals surface area contributed by atoms with Gasteiger partial charge in [0.2, 0.25) is 0 Å². The van der Waals surface area contributed by atoms with Crippen LogP contribution in [0.15, 0.2) is 48.8 Å². The standard InChI is InChI=1S/C18H17N3O3/c1-24-16-10-12(21(22)23)9-15-13-3-2-4-14(13)17(20-18(15)16)11-5-7-19-8-6-11/h2-3,5-10,13-14,17,20H,4H2,1H3/t13-,14-,17-/m0/s1. The van der Waals surface area contributed by atoms with E-state index in [-0.39, 0.29) is 22.6 Å². The number of rotatable bonds is 3. The molecule has 3 atom stereocenters. The van der Waals surface area contributed by atoms with Crippen LogP contribution in [0.25, 0.3) is 0 Å². The maximum Gasteiger partial charge on any atom is 0.273 e. The Morgan fingerprint density at radius 2 is 2.12 bits per heavy atom. The van der Waals surface area contributed by atoms with Crippen molar-refractivity contribution in [1.29, 1.82) is 0 Å². The first-order valence-corrected chi connectivity index (χ1v) is 7.88. The zero-order chi connectivity index (χ0) is 16.7. The zero-order valence-electron chi connectivity index (χ0n) is 13.2. The number of methoxy groups -OCH3 is 1. The molecule has 0 bridgehead atoms. The van der Waals surface area contributed by atoms with Crippen molar-refractivity contribution in [2.75, 3.05) is 12.4 Å². The summed E-state index contributed by atoms with van der Waals surface area (Å²) in [6, 6.07) is 7.29. The molecule has 6 heteroatoms. The normalized spacial score (nSPS) is 24.0. The van der Waals surface area contributed by atoms with Gasteiger partial charge in [0.05, 0.1) is 29.8 Å². The number of aromatic nitrogens is 1. The molecular weight excluding hydrogens is 306 g/mol. The predicted octanol–water partition coefficient (Wildman–Crippen LogP) is 3.82. The summed E-state index contributed by atoms with van der Waals surface area (Å²) in [7, 11) is 1.54. The number of hydrogen-bond donors (Lipinski definition) is 1. The van der Waals surface area contributed by atoms with Crippen LogP contribution in [0.2, 0.25) is 0 Å². The molecule has 2 heterocycles. The highest BCUT2D eigenvalue weighted by atomic mass is 16.6. The number of anilines is 1. The number of non-ortho nitro benzene ring substituents is 1. The van der Waals surface area contributed by atoms with Crippen LogP contribution in [0, 0.1) is 16.0 Å². The molecule has 2 aliphatic rings. The van der Waals surface area contributed by atoms with Crippen LogP contribution in [-0.4, -0.2) is 17.0 Å². The molecule has 24 heavy (non-hydrogen) atoms. The Balaban J connectivity index is 1.86. The molecule has 1 aromatic carbocycles. The van der Waals surface area contributed by atoms with E-state index in [1.54, 1.807) is 25.6 Å². The lowest BCUT2D eigenvalue weighted by atomic mass is 9.77. The van der Waals surface area contributed by atoms with Crippen LogP contribution < -0.4 is 10.1 Å². The van der Waals surface area contributed by atoms with Gasteiger partial charge in [-0.3, -0.25) is 15.1 Å². The average Bonchev–Trinajstić information content (AvgIpc) is 3.10. The minimum Gasteiger partial charge on any atom is -0.494 e. The lowest BCUT2D eigenvalue weighted by molar-refractivity contribution is -0.385. The van der Waals surface area contributed by atoms with Crippen molar-refractivity contribution in [3.8, 4) is 5.75 Å². The molecule has 1 aliphatic heterocycles. The van der Waals surface area contributed by atoms with Crippen LogP contribution in [0.1, 0.15) is 29.5 Å². The second-order valence-corrected chi connectivity index (χ2v) is 6.13. The first-order valence-electron chi connectivity index (χ1n) is 7.88. The highest BCUT2D eigenvalue weighted by Crippen LogP contribution is 2.53. The van der Waals surface area contributed by atoms with Gasteiger partial charge in [0, 0.05) is 24.4 Å². The second-order valence-electron chi connectivity index (χ2n) is 6.13. The molecule has 0 spiro atoms. The van der Waals surface area contributed by atoms with Crippen LogP contribution >= 0.6 is 0 Å². The number of nitrogens with one attached hydrogen (secondary N) is 1. The van der Waals surface area contributed by atoms with E-state index < -0.39 is 0 Å². The van der Waals surface area contributed by atoms with Gasteiger partial charge in [-0.15, -0.1) is 0 Å². The number of allylic oxidation sites excluding steroid dienone is 2. The number of hydrogen-bond acceptors (Lipinski definition) is 5. The van der Waals surface area contributed by atoms with Crippen LogP contribution in [0.5, 0.6) is 5.75 Å². The van der Waals surface area contributed by atoms with Crippen molar-refractivity contribution in [3.05, 3.63) is 70.1 Å². The second kappa shape index (κ2) is 5.63. The van der Waals surface area contributed by atoms with Gasteiger partial charge in [0.1, 0.15) is 5.75 Å². The molecule has 0 amide bonds. The number of ether oxygens (including phenoxy) is 1. The van der Waals surface area contributed by atoms with Crippen molar-refractivity contribution in [3.63, 3.8) is 0 Å². The van der Waals surface area contributed by atoms with E-state index in [1.807, 2.05) is 12.1 Å². The lowest BCUT2D eigenvalue weighted by Gasteiger charge is -2.37. The lowest BCUT2D eigenvalue weighted by Crippen LogP contribution is -2.29. The van der Waals surface area contributed by atoms with E-state index in [2.05, 4.69) is 22.5 Å². The maximum absolute atomic E-state index is 11.2. The minimum atomic E-state index is -0.370. The van der Waals surface area contributed by atoms with Crippen LogP contribution in [-0.2, 0) is 0 Å². The quantitative estimate of drug-likeness (QED) is 0.528. The van der Waals surface area contributed by atoms with E-state index >= 15 is 0 Å². The molecule has 2 aromatic rings. The van der Waals surface area contributed by atoms with Gasteiger partial charge in [0.15, 0.2) is 0 Å². The Morgan fingerprint density at radius 3 is 2.83 bits per heavy atom. The molecule has 122 valence electrons. The summed E-state index contributed by atoms with van der Waals surface area (Å²) < 4.78 is 5.43. The third-order valence-electron chi connectivity index (χ3n) is 4.91. The fraction of sp³-hybridized carbons (Fsp3) is 0.278. The van der Waals surface area contributed by atoms with Crippen molar-refractivity contribution in [2.45, 2.75) is 18.4 Å². The van der Waals surface area contributed by atoms with Gasteiger partial charge >= 0.3 is 0 Å².